The summed E-state index contributed by atoms with van der Waals surface area (Å²) in [6, 6.07) is 7.79. The minimum atomic E-state index is -0.0771. The third-order valence-electron chi connectivity index (χ3n) is 6.62. The van der Waals surface area contributed by atoms with Gasteiger partial charge in [0.2, 0.25) is 5.91 Å². The molecule has 1 amide bonds. The summed E-state index contributed by atoms with van der Waals surface area (Å²) in [4.78, 5) is 23.6. The van der Waals surface area contributed by atoms with Crippen LogP contribution in [0.3, 0.4) is 0 Å². The van der Waals surface area contributed by atoms with Crippen molar-refractivity contribution in [2.24, 2.45) is 5.92 Å². The van der Waals surface area contributed by atoms with Crippen LogP contribution in [0.5, 0.6) is 0 Å². The number of hydrogen-bond acceptors (Lipinski definition) is 7. The number of hydrogen-bond donors (Lipinski definition) is 1. The summed E-state index contributed by atoms with van der Waals surface area (Å²) in [5.74, 6) is 0.735. The zero-order chi connectivity index (χ0) is 24.8. The third kappa shape index (κ3) is 4.24. The molecule has 5 aromatic rings. The van der Waals surface area contributed by atoms with E-state index >= 15 is 0 Å². The average molecular weight is 517 g/mol. The van der Waals surface area contributed by atoms with E-state index in [9.17, 15) is 4.79 Å². The molecule has 0 atom stereocenters. The van der Waals surface area contributed by atoms with Gasteiger partial charge in [0.1, 0.15) is 15.9 Å². The normalized spacial score (nSPS) is 13.7. The van der Waals surface area contributed by atoms with Crippen molar-refractivity contribution in [3.63, 3.8) is 0 Å². The molecule has 0 fully saturated rings. The predicted molar refractivity (Wildman–Crippen MR) is 147 cm³/mol. The zero-order valence-corrected chi connectivity index (χ0v) is 22.3. The first-order valence-corrected chi connectivity index (χ1v) is 14.2. The summed E-state index contributed by atoms with van der Waals surface area (Å²) in [6.07, 6.45) is 7.43. The van der Waals surface area contributed by atoms with Gasteiger partial charge in [-0.25, -0.2) is 9.97 Å². The molecule has 1 aliphatic rings. The van der Waals surface area contributed by atoms with Crippen LogP contribution in [0.4, 0.5) is 5.69 Å². The van der Waals surface area contributed by atoms with Gasteiger partial charge in [0.25, 0.3) is 0 Å². The Kier molecular flexibility index (Phi) is 6.13. The molecule has 0 saturated carbocycles. The van der Waals surface area contributed by atoms with Crippen LogP contribution in [0, 0.1) is 12.8 Å². The lowest BCUT2D eigenvalue weighted by molar-refractivity contribution is -0.113. The Balaban J connectivity index is 1.34. The number of carbonyl (C=O) groups excluding carboxylic acids is 1. The maximum absolute atomic E-state index is 12.5. The van der Waals surface area contributed by atoms with Gasteiger partial charge in [0.15, 0.2) is 10.8 Å². The Bertz CT molecular complexity index is 1620. The molecule has 9 heteroatoms. The van der Waals surface area contributed by atoms with Crippen molar-refractivity contribution in [2.45, 2.75) is 58.0 Å². The molecule has 0 saturated heterocycles. The van der Waals surface area contributed by atoms with Crippen LogP contribution < -0.4 is 5.32 Å². The van der Waals surface area contributed by atoms with Crippen LogP contribution in [0.25, 0.3) is 26.1 Å². The third-order valence-corrected chi connectivity index (χ3v) is 8.64. The van der Waals surface area contributed by atoms with Crippen LogP contribution in [-0.2, 0) is 24.1 Å². The number of aromatic nitrogens is 5. The number of pyridine rings is 1. The highest BCUT2D eigenvalue weighted by molar-refractivity contribution is 7.99. The lowest BCUT2D eigenvalue weighted by Gasteiger charge is -2.20. The largest absolute Gasteiger partial charge is 0.325 e. The number of aryl methyl sites for hydroxylation is 2. The van der Waals surface area contributed by atoms with Gasteiger partial charge < -0.3 is 5.32 Å². The standard InChI is InChI=1S/C27H28N6OS2/c1-15(2)11-20-18-9-4-5-10-19(18)22-23-24(36-26(22)30-20)25-31-32-27(33(25)14-28-23)35-13-21(34)29-17-8-6-7-16(3)12-17/h6-8,12,14-15H,4-5,9-11,13H2,1-3H3,(H,29,34). The van der Waals surface area contributed by atoms with Crippen molar-refractivity contribution in [3.8, 4) is 0 Å². The number of nitrogens with zero attached hydrogens (tertiary/aromatic N) is 5. The molecule has 1 N–H and O–H groups in total. The van der Waals surface area contributed by atoms with Crippen LogP contribution in [0.2, 0.25) is 0 Å². The summed E-state index contributed by atoms with van der Waals surface area (Å²) in [5.41, 5.74) is 7.80. The molecular formula is C27H28N6OS2. The van der Waals surface area contributed by atoms with Gasteiger partial charge in [-0.3, -0.25) is 9.20 Å². The fraction of sp³-hybridized carbons (Fsp3) is 0.370. The number of anilines is 1. The minimum absolute atomic E-state index is 0.0771. The van der Waals surface area contributed by atoms with E-state index in [-0.39, 0.29) is 11.7 Å². The molecule has 1 aliphatic carbocycles. The Morgan fingerprint density at radius 1 is 1.19 bits per heavy atom. The van der Waals surface area contributed by atoms with E-state index in [1.165, 1.54) is 46.8 Å². The zero-order valence-electron chi connectivity index (χ0n) is 20.7. The van der Waals surface area contributed by atoms with Crippen LogP contribution in [0.1, 0.15) is 49.1 Å². The molecule has 4 heterocycles. The molecule has 0 bridgehead atoms. The van der Waals surface area contributed by atoms with Crippen molar-refractivity contribution in [1.29, 1.82) is 0 Å². The minimum Gasteiger partial charge on any atom is -0.325 e. The van der Waals surface area contributed by atoms with Gasteiger partial charge in [-0.05, 0) is 73.8 Å². The number of thiophene rings is 1. The van der Waals surface area contributed by atoms with Crippen molar-refractivity contribution in [3.05, 3.63) is 53.0 Å². The van der Waals surface area contributed by atoms with E-state index in [2.05, 4.69) is 29.4 Å². The number of rotatable bonds is 6. The second-order valence-corrected chi connectivity index (χ2v) is 11.8. The lowest BCUT2D eigenvalue weighted by Crippen LogP contribution is -2.14. The van der Waals surface area contributed by atoms with Crippen molar-refractivity contribution >= 4 is 60.8 Å². The van der Waals surface area contributed by atoms with E-state index in [4.69, 9.17) is 9.97 Å². The number of amides is 1. The highest BCUT2D eigenvalue weighted by atomic mass is 32.2. The van der Waals surface area contributed by atoms with E-state index in [0.717, 1.165) is 51.2 Å². The summed E-state index contributed by atoms with van der Waals surface area (Å²) in [7, 11) is 0. The fourth-order valence-electron chi connectivity index (χ4n) is 5.08. The Morgan fingerprint density at radius 3 is 2.83 bits per heavy atom. The number of benzene rings is 1. The van der Waals surface area contributed by atoms with E-state index in [1.54, 1.807) is 17.7 Å². The Hall–Kier alpha value is -3.04. The number of thioether (sulfide) groups is 1. The second kappa shape index (κ2) is 9.44. The molecule has 0 radical (unpaired) electrons. The Labute approximate surface area is 217 Å². The predicted octanol–water partition coefficient (Wildman–Crippen LogP) is 6.00. The lowest BCUT2D eigenvalue weighted by atomic mass is 9.87. The maximum atomic E-state index is 12.5. The number of fused-ring (bicyclic) bond motifs is 7. The average Bonchev–Trinajstić information content (AvgIpc) is 3.43. The monoisotopic (exact) mass is 516 g/mol. The van der Waals surface area contributed by atoms with Crippen LogP contribution in [0.15, 0.2) is 35.7 Å². The molecule has 184 valence electrons. The second-order valence-electron chi connectivity index (χ2n) is 9.91. The highest BCUT2D eigenvalue weighted by Crippen LogP contribution is 2.40. The molecule has 6 rings (SSSR count). The molecule has 1 aromatic carbocycles. The first-order chi connectivity index (χ1) is 17.5. The number of carbonyl (C=O) groups is 1. The topological polar surface area (TPSA) is 85.1 Å². The number of nitrogens with one attached hydrogen (secondary N) is 1. The van der Waals surface area contributed by atoms with Crippen molar-refractivity contribution in [2.75, 3.05) is 11.1 Å². The SMILES string of the molecule is Cc1cccc(NC(=O)CSc2nnc3c4sc5nc(CC(C)C)c6c(c5c4ncn23)CCCC6)c1. The van der Waals surface area contributed by atoms with Gasteiger partial charge in [0, 0.05) is 16.8 Å². The van der Waals surface area contributed by atoms with Crippen LogP contribution >= 0.6 is 23.1 Å². The summed E-state index contributed by atoms with van der Waals surface area (Å²) in [5, 5.41) is 13.7. The molecule has 36 heavy (non-hydrogen) atoms. The highest BCUT2D eigenvalue weighted by Gasteiger charge is 2.24. The van der Waals surface area contributed by atoms with Gasteiger partial charge in [-0.2, -0.15) is 0 Å². The first kappa shape index (κ1) is 23.4. The molecule has 4 aromatic heterocycles. The van der Waals surface area contributed by atoms with Gasteiger partial charge in [-0.1, -0.05) is 37.7 Å². The summed E-state index contributed by atoms with van der Waals surface area (Å²) < 4.78 is 2.90. The molecule has 0 unspecified atom stereocenters. The molecule has 0 aliphatic heterocycles. The first-order valence-electron chi connectivity index (χ1n) is 12.4. The van der Waals surface area contributed by atoms with Crippen molar-refractivity contribution < 1.29 is 4.79 Å². The van der Waals surface area contributed by atoms with Crippen molar-refractivity contribution in [1.82, 2.24) is 24.6 Å². The fourth-order valence-corrected chi connectivity index (χ4v) is 6.94. The summed E-state index contributed by atoms with van der Waals surface area (Å²) >= 11 is 3.02. The van der Waals surface area contributed by atoms with Crippen LogP contribution in [-0.4, -0.2) is 36.2 Å². The van der Waals surface area contributed by atoms with E-state index in [0.29, 0.717) is 11.1 Å². The molecule has 7 nitrogen and oxygen atoms in total. The molecule has 0 spiro atoms. The van der Waals surface area contributed by atoms with Gasteiger partial charge in [-0.15, -0.1) is 21.5 Å². The molecular weight excluding hydrogens is 488 g/mol. The summed E-state index contributed by atoms with van der Waals surface area (Å²) in [6.45, 7) is 6.52. The van der Waals surface area contributed by atoms with E-state index in [1.807, 2.05) is 35.6 Å². The van der Waals surface area contributed by atoms with E-state index < -0.39 is 0 Å². The quantitative estimate of drug-likeness (QED) is 0.279. The van der Waals surface area contributed by atoms with Gasteiger partial charge in [0.05, 0.1) is 11.3 Å². The maximum Gasteiger partial charge on any atom is 0.234 e. The Morgan fingerprint density at radius 2 is 2.03 bits per heavy atom. The van der Waals surface area contributed by atoms with Gasteiger partial charge >= 0.3 is 0 Å². The smallest absolute Gasteiger partial charge is 0.234 e.